The third-order valence-corrected chi connectivity index (χ3v) is 5.53. The second kappa shape index (κ2) is 11.5. The number of nitrogens with zero attached hydrogens (tertiary/aromatic N) is 2. The number of ether oxygens (including phenoxy) is 3. The summed E-state index contributed by atoms with van der Waals surface area (Å²) in [6.45, 7) is 5.40. The molecule has 9 heteroatoms. The van der Waals surface area contributed by atoms with E-state index in [9.17, 15) is 14.4 Å². The van der Waals surface area contributed by atoms with Crippen molar-refractivity contribution in [2.75, 3.05) is 20.3 Å². The maximum absolute atomic E-state index is 12.8. The lowest BCUT2D eigenvalue weighted by atomic mass is 10.2. The quantitative estimate of drug-likeness (QED) is 0.406. The standard InChI is InChI=1S/C25H26N2O6S/c1-5-31-22(28)15-32-20-11-6-8-17(12-20)13-21-23(29)27(4)25(34-21)26-19-10-7-9-18(14-19)24(30)33-16(2)3/h6-14,16H,5,15H2,1-4H3. The van der Waals surface area contributed by atoms with Crippen LogP contribution in [0.3, 0.4) is 0 Å². The average molecular weight is 483 g/mol. The van der Waals surface area contributed by atoms with Gasteiger partial charge in [-0.15, -0.1) is 0 Å². The Balaban J connectivity index is 1.76. The molecule has 1 aliphatic rings. The van der Waals surface area contributed by atoms with Crippen LogP contribution in [-0.4, -0.2) is 54.3 Å². The summed E-state index contributed by atoms with van der Waals surface area (Å²) >= 11 is 1.23. The van der Waals surface area contributed by atoms with Crippen LogP contribution in [0.1, 0.15) is 36.7 Å². The van der Waals surface area contributed by atoms with Gasteiger partial charge >= 0.3 is 11.9 Å². The summed E-state index contributed by atoms with van der Waals surface area (Å²) in [6.07, 6.45) is 1.51. The fraction of sp³-hybridized carbons (Fsp3) is 0.280. The highest BCUT2D eigenvalue weighted by Crippen LogP contribution is 2.33. The van der Waals surface area contributed by atoms with Crippen LogP contribution < -0.4 is 4.74 Å². The number of likely N-dealkylation sites (N-methyl/N-ethyl adjacent to an activating group) is 1. The van der Waals surface area contributed by atoms with Gasteiger partial charge in [0.25, 0.3) is 5.91 Å². The van der Waals surface area contributed by atoms with E-state index >= 15 is 0 Å². The monoisotopic (exact) mass is 482 g/mol. The van der Waals surface area contributed by atoms with Crippen LogP contribution in [0.25, 0.3) is 6.08 Å². The van der Waals surface area contributed by atoms with Crippen LogP contribution in [0, 0.1) is 0 Å². The topological polar surface area (TPSA) is 94.5 Å². The number of hydrogen-bond acceptors (Lipinski definition) is 8. The van der Waals surface area contributed by atoms with Crippen molar-refractivity contribution in [3.8, 4) is 5.75 Å². The number of esters is 2. The van der Waals surface area contributed by atoms with Gasteiger partial charge in [0.15, 0.2) is 11.8 Å². The van der Waals surface area contributed by atoms with Gasteiger partial charge in [-0.3, -0.25) is 9.69 Å². The van der Waals surface area contributed by atoms with Gasteiger partial charge in [0.2, 0.25) is 0 Å². The zero-order valence-electron chi connectivity index (χ0n) is 19.4. The average Bonchev–Trinajstić information content (AvgIpc) is 3.05. The lowest BCUT2D eigenvalue weighted by Crippen LogP contribution is -2.23. The van der Waals surface area contributed by atoms with Gasteiger partial charge in [-0.05, 0) is 74.5 Å². The molecule has 0 N–H and O–H groups in total. The zero-order valence-corrected chi connectivity index (χ0v) is 20.3. The van der Waals surface area contributed by atoms with Gasteiger partial charge < -0.3 is 14.2 Å². The summed E-state index contributed by atoms with van der Waals surface area (Å²) in [4.78, 5) is 42.9. The highest BCUT2D eigenvalue weighted by Gasteiger charge is 2.30. The minimum atomic E-state index is -0.447. The van der Waals surface area contributed by atoms with E-state index in [1.807, 2.05) is 6.07 Å². The smallest absolute Gasteiger partial charge is 0.344 e. The van der Waals surface area contributed by atoms with Crippen LogP contribution in [-0.2, 0) is 19.1 Å². The third kappa shape index (κ3) is 6.71. The molecule has 0 radical (unpaired) electrons. The number of amidine groups is 1. The van der Waals surface area contributed by atoms with Crippen molar-refractivity contribution < 1.29 is 28.6 Å². The summed E-state index contributed by atoms with van der Waals surface area (Å²) in [7, 11) is 1.64. The van der Waals surface area contributed by atoms with E-state index in [-0.39, 0.29) is 25.2 Å². The van der Waals surface area contributed by atoms with Crippen LogP contribution in [0.15, 0.2) is 58.4 Å². The normalized spacial score (nSPS) is 15.8. The summed E-state index contributed by atoms with van der Waals surface area (Å²) in [5, 5.41) is 0.486. The molecule has 0 aromatic heterocycles. The third-order valence-electron chi connectivity index (χ3n) is 4.47. The molecule has 1 amide bonds. The Morgan fingerprint density at radius 3 is 2.65 bits per heavy atom. The van der Waals surface area contributed by atoms with Crippen LogP contribution >= 0.6 is 11.8 Å². The Morgan fingerprint density at radius 2 is 1.91 bits per heavy atom. The Bertz CT molecular complexity index is 1140. The number of carbonyl (C=O) groups is 3. The van der Waals surface area contributed by atoms with E-state index in [0.717, 1.165) is 5.56 Å². The summed E-state index contributed by atoms with van der Waals surface area (Å²) in [6, 6.07) is 13.8. The fourth-order valence-electron chi connectivity index (χ4n) is 2.94. The summed E-state index contributed by atoms with van der Waals surface area (Å²) in [5.74, 6) is -0.579. The van der Waals surface area contributed by atoms with Gasteiger partial charge in [0, 0.05) is 7.05 Å². The molecular formula is C25H26N2O6S. The molecule has 0 spiro atoms. The molecule has 34 heavy (non-hydrogen) atoms. The van der Waals surface area contributed by atoms with E-state index < -0.39 is 11.9 Å². The first-order chi connectivity index (χ1) is 16.3. The SMILES string of the molecule is CCOC(=O)COc1cccc(C=C2SC(=Nc3cccc(C(=O)OC(C)C)c3)N(C)C2=O)c1. The summed E-state index contributed by atoms with van der Waals surface area (Å²) in [5.41, 5.74) is 1.67. The first kappa shape index (κ1) is 25.0. The fourth-order valence-corrected chi connectivity index (χ4v) is 3.92. The second-order valence-electron chi connectivity index (χ2n) is 7.54. The maximum atomic E-state index is 12.8. The van der Waals surface area contributed by atoms with Crippen molar-refractivity contribution in [1.29, 1.82) is 0 Å². The Kier molecular flexibility index (Phi) is 8.48. The maximum Gasteiger partial charge on any atom is 0.344 e. The number of carbonyl (C=O) groups excluding carboxylic acids is 3. The highest BCUT2D eigenvalue weighted by atomic mass is 32.2. The predicted octanol–water partition coefficient (Wildman–Crippen LogP) is 4.43. The van der Waals surface area contributed by atoms with E-state index in [4.69, 9.17) is 14.2 Å². The van der Waals surface area contributed by atoms with Crippen LogP contribution in [0.2, 0.25) is 0 Å². The van der Waals surface area contributed by atoms with E-state index in [1.54, 1.807) is 76.4 Å². The van der Waals surface area contributed by atoms with Crippen molar-refractivity contribution in [2.45, 2.75) is 26.9 Å². The molecule has 0 saturated carbocycles. The molecule has 0 bridgehead atoms. The molecule has 1 fully saturated rings. The molecule has 1 heterocycles. The van der Waals surface area contributed by atoms with Gasteiger partial charge in [0.05, 0.1) is 28.9 Å². The minimum absolute atomic E-state index is 0.190. The second-order valence-corrected chi connectivity index (χ2v) is 8.55. The molecule has 2 aromatic rings. The number of aliphatic imine (C=N–C) groups is 1. The molecule has 178 valence electrons. The molecule has 0 unspecified atom stereocenters. The first-order valence-corrected chi connectivity index (χ1v) is 11.5. The van der Waals surface area contributed by atoms with Gasteiger partial charge in [-0.2, -0.15) is 0 Å². The van der Waals surface area contributed by atoms with E-state index in [0.29, 0.717) is 27.1 Å². The van der Waals surface area contributed by atoms with Crippen LogP contribution in [0.5, 0.6) is 5.75 Å². The lowest BCUT2D eigenvalue weighted by Gasteiger charge is -2.09. The Hall–Kier alpha value is -3.59. The molecule has 3 rings (SSSR count). The highest BCUT2D eigenvalue weighted by molar-refractivity contribution is 8.18. The Morgan fingerprint density at radius 1 is 1.15 bits per heavy atom. The number of hydrogen-bond donors (Lipinski definition) is 0. The molecule has 1 saturated heterocycles. The van der Waals surface area contributed by atoms with Crippen molar-refractivity contribution in [3.05, 3.63) is 64.6 Å². The molecule has 2 aromatic carbocycles. The lowest BCUT2D eigenvalue weighted by molar-refractivity contribution is -0.145. The largest absolute Gasteiger partial charge is 0.482 e. The van der Waals surface area contributed by atoms with Crippen LogP contribution in [0.4, 0.5) is 5.69 Å². The van der Waals surface area contributed by atoms with Crippen molar-refractivity contribution in [3.63, 3.8) is 0 Å². The minimum Gasteiger partial charge on any atom is -0.482 e. The molecule has 0 aliphatic carbocycles. The van der Waals surface area contributed by atoms with Crippen molar-refractivity contribution in [2.24, 2.45) is 4.99 Å². The van der Waals surface area contributed by atoms with E-state index in [2.05, 4.69) is 4.99 Å². The number of amides is 1. The zero-order chi connectivity index (χ0) is 24.7. The number of benzene rings is 2. The van der Waals surface area contributed by atoms with Crippen molar-refractivity contribution in [1.82, 2.24) is 4.90 Å². The molecule has 1 aliphatic heterocycles. The molecular weight excluding hydrogens is 456 g/mol. The van der Waals surface area contributed by atoms with Crippen molar-refractivity contribution >= 4 is 46.5 Å². The van der Waals surface area contributed by atoms with Gasteiger partial charge in [0.1, 0.15) is 5.75 Å². The summed E-state index contributed by atoms with van der Waals surface area (Å²) < 4.78 is 15.6. The number of thioether (sulfide) groups is 1. The van der Waals surface area contributed by atoms with Gasteiger partial charge in [-0.1, -0.05) is 18.2 Å². The predicted molar refractivity (Wildman–Crippen MR) is 131 cm³/mol. The molecule has 8 nitrogen and oxygen atoms in total. The number of rotatable bonds is 8. The molecule has 0 atom stereocenters. The first-order valence-electron chi connectivity index (χ1n) is 10.7. The van der Waals surface area contributed by atoms with Gasteiger partial charge in [-0.25, -0.2) is 14.6 Å². The Labute approximate surface area is 202 Å². The van der Waals surface area contributed by atoms with E-state index in [1.165, 1.54) is 16.7 Å².